The molecule has 7 heteroatoms. The summed E-state index contributed by atoms with van der Waals surface area (Å²) in [7, 11) is 0. The molecule has 1 aromatic heterocycles. The number of aromatic nitrogens is 1. The Bertz CT molecular complexity index is 1070. The number of halogens is 2. The summed E-state index contributed by atoms with van der Waals surface area (Å²) in [5.41, 5.74) is 2.86. The lowest BCUT2D eigenvalue weighted by Gasteiger charge is -2.44. The number of likely N-dealkylation sites (tertiary alicyclic amines) is 2. The molecule has 1 amide bonds. The molecule has 3 aromatic rings. The number of amides is 1. The van der Waals surface area contributed by atoms with Crippen LogP contribution in [-0.2, 0) is 0 Å². The number of nitrogens with zero attached hydrogens (tertiary/aromatic N) is 4. The molecule has 0 unspecified atom stereocenters. The normalized spacial score (nSPS) is 17.9. The molecule has 182 valence electrons. The zero-order valence-corrected chi connectivity index (χ0v) is 21.2. The highest BCUT2D eigenvalue weighted by molar-refractivity contribution is 6.39. The Morgan fingerprint density at radius 2 is 1.29 bits per heavy atom. The van der Waals surface area contributed by atoms with Crippen LogP contribution in [0, 0.1) is 0 Å². The van der Waals surface area contributed by atoms with Gasteiger partial charge in [0.2, 0.25) is 0 Å². The Morgan fingerprint density at radius 1 is 0.771 bits per heavy atom. The van der Waals surface area contributed by atoms with Crippen LogP contribution in [0.3, 0.4) is 0 Å². The smallest absolute Gasteiger partial charge is 0.257 e. The fraction of sp³-hybridized carbons (Fsp3) is 0.357. The maximum absolute atomic E-state index is 13.0. The monoisotopic (exact) mass is 508 g/mol. The number of hydrogen-bond donors (Lipinski definition) is 0. The Balaban J connectivity index is 1.20. The molecule has 5 nitrogen and oxygen atoms in total. The summed E-state index contributed by atoms with van der Waals surface area (Å²) in [4.78, 5) is 24.0. The quantitative estimate of drug-likeness (QED) is 0.405. The predicted molar refractivity (Wildman–Crippen MR) is 143 cm³/mol. The van der Waals surface area contributed by atoms with Crippen LogP contribution in [0.1, 0.15) is 36.0 Å². The minimum atomic E-state index is -0.0964. The third-order valence-electron chi connectivity index (χ3n) is 7.27. The van der Waals surface area contributed by atoms with Crippen LogP contribution in [0.5, 0.6) is 0 Å². The molecule has 0 spiro atoms. The van der Waals surface area contributed by atoms with Gasteiger partial charge in [-0.3, -0.25) is 9.78 Å². The van der Waals surface area contributed by atoms with Gasteiger partial charge < -0.3 is 14.7 Å². The van der Waals surface area contributed by atoms with Crippen LogP contribution in [0.2, 0.25) is 10.0 Å². The first-order valence-electron chi connectivity index (χ1n) is 12.3. The third kappa shape index (κ3) is 5.32. The molecule has 5 rings (SSSR count). The highest BCUT2D eigenvalue weighted by atomic mass is 35.5. The number of rotatable bonds is 5. The zero-order valence-electron chi connectivity index (χ0n) is 19.7. The average Bonchev–Trinajstić information content (AvgIpc) is 2.90. The van der Waals surface area contributed by atoms with Crippen LogP contribution in [0.4, 0.5) is 11.4 Å². The van der Waals surface area contributed by atoms with Crippen LogP contribution >= 0.6 is 23.2 Å². The van der Waals surface area contributed by atoms with E-state index >= 15 is 0 Å². The van der Waals surface area contributed by atoms with E-state index in [0.717, 1.165) is 51.9 Å². The summed E-state index contributed by atoms with van der Waals surface area (Å²) in [6, 6.07) is 22.4. The van der Waals surface area contributed by atoms with Gasteiger partial charge in [-0.25, -0.2) is 0 Å². The van der Waals surface area contributed by atoms with Crippen molar-refractivity contribution >= 4 is 40.5 Å². The minimum absolute atomic E-state index is 0.0964. The van der Waals surface area contributed by atoms with Gasteiger partial charge in [0.1, 0.15) is 0 Å². The third-order valence-corrected chi connectivity index (χ3v) is 7.84. The number of benzene rings is 2. The molecule has 0 atom stereocenters. The molecule has 3 heterocycles. The first kappa shape index (κ1) is 24.1. The lowest BCUT2D eigenvalue weighted by molar-refractivity contribution is 0.0580. The van der Waals surface area contributed by atoms with E-state index < -0.39 is 0 Å². The number of pyridine rings is 1. The highest BCUT2D eigenvalue weighted by Gasteiger charge is 2.33. The van der Waals surface area contributed by atoms with E-state index in [4.69, 9.17) is 23.2 Å². The Kier molecular flexibility index (Phi) is 7.57. The molecule has 2 aromatic carbocycles. The van der Waals surface area contributed by atoms with Gasteiger partial charge in [0.05, 0.1) is 15.6 Å². The Hall–Kier alpha value is -2.60. The largest absolute Gasteiger partial charge is 0.338 e. The van der Waals surface area contributed by atoms with E-state index in [-0.39, 0.29) is 5.91 Å². The SMILES string of the molecule is O=C(c1c(Cl)cncc1Cl)N1CCC(N2CCC(N(c3ccccc3)c3ccccc3)CC2)CC1. The lowest BCUT2D eigenvalue weighted by Crippen LogP contribution is -2.51. The lowest BCUT2D eigenvalue weighted by atomic mass is 9.96. The second-order valence-electron chi connectivity index (χ2n) is 9.31. The standard InChI is InChI=1S/C28H30Cl2N4O/c29-25-19-31-20-26(30)27(25)28(35)33-17-11-21(12-18-33)32-15-13-24(14-16-32)34(22-7-3-1-4-8-22)23-9-5-2-6-10-23/h1-10,19-21,24H,11-18H2. The summed E-state index contributed by atoms with van der Waals surface area (Å²) >= 11 is 12.4. The number of carbonyl (C=O) groups excluding carboxylic acids is 1. The van der Waals surface area contributed by atoms with Crippen molar-refractivity contribution in [2.45, 2.75) is 37.8 Å². The van der Waals surface area contributed by atoms with Gasteiger partial charge in [0.25, 0.3) is 5.91 Å². The summed E-state index contributed by atoms with van der Waals surface area (Å²) < 4.78 is 0. The van der Waals surface area contributed by atoms with Crippen molar-refractivity contribution in [1.29, 1.82) is 0 Å². The highest BCUT2D eigenvalue weighted by Crippen LogP contribution is 2.33. The number of para-hydroxylation sites is 2. The fourth-order valence-corrected chi connectivity index (χ4v) is 5.99. The number of hydrogen-bond acceptors (Lipinski definition) is 4. The number of carbonyl (C=O) groups is 1. The van der Waals surface area contributed by atoms with E-state index in [2.05, 4.69) is 75.4 Å². The molecule has 2 aliphatic rings. The molecule has 2 fully saturated rings. The number of anilines is 2. The van der Waals surface area contributed by atoms with Crippen LogP contribution < -0.4 is 4.90 Å². The van der Waals surface area contributed by atoms with Gasteiger partial charge in [-0.15, -0.1) is 0 Å². The van der Waals surface area contributed by atoms with Gasteiger partial charge >= 0.3 is 0 Å². The molecular weight excluding hydrogens is 479 g/mol. The van der Waals surface area contributed by atoms with E-state index in [9.17, 15) is 4.79 Å². The Labute approximate surface area is 217 Å². The summed E-state index contributed by atoms with van der Waals surface area (Å²) in [6.45, 7) is 3.58. The van der Waals surface area contributed by atoms with Crippen molar-refractivity contribution in [3.05, 3.63) is 88.7 Å². The molecule has 2 saturated heterocycles. The van der Waals surface area contributed by atoms with Crippen molar-refractivity contribution in [2.24, 2.45) is 0 Å². The summed E-state index contributed by atoms with van der Waals surface area (Å²) in [5.74, 6) is -0.0964. The molecule has 0 aliphatic carbocycles. The van der Waals surface area contributed by atoms with Gasteiger partial charge in [-0.2, -0.15) is 0 Å². The van der Waals surface area contributed by atoms with Crippen molar-refractivity contribution < 1.29 is 4.79 Å². The first-order valence-corrected chi connectivity index (χ1v) is 13.1. The first-order chi connectivity index (χ1) is 17.1. The molecule has 0 N–H and O–H groups in total. The second-order valence-corrected chi connectivity index (χ2v) is 10.1. The molecule has 35 heavy (non-hydrogen) atoms. The topological polar surface area (TPSA) is 39.7 Å². The van der Waals surface area contributed by atoms with Crippen molar-refractivity contribution in [1.82, 2.24) is 14.8 Å². The van der Waals surface area contributed by atoms with Crippen LogP contribution in [-0.4, -0.2) is 59.0 Å². The van der Waals surface area contributed by atoms with Gasteiger partial charge in [0.15, 0.2) is 0 Å². The number of piperidine rings is 2. The van der Waals surface area contributed by atoms with Crippen molar-refractivity contribution in [2.75, 3.05) is 31.1 Å². The van der Waals surface area contributed by atoms with Gasteiger partial charge in [-0.05, 0) is 49.9 Å². The minimum Gasteiger partial charge on any atom is -0.338 e. The van der Waals surface area contributed by atoms with E-state index in [1.165, 1.54) is 23.8 Å². The van der Waals surface area contributed by atoms with Crippen LogP contribution in [0.25, 0.3) is 0 Å². The van der Waals surface area contributed by atoms with Crippen molar-refractivity contribution in [3.8, 4) is 0 Å². The second kappa shape index (κ2) is 11.0. The van der Waals surface area contributed by atoms with E-state index in [1.54, 1.807) is 0 Å². The van der Waals surface area contributed by atoms with Gasteiger partial charge in [0, 0.05) is 62.0 Å². The maximum atomic E-state index is 13.0. The fourth-order valence-electron chi connectivity index (χ4n) is 5.46. The maximum Gasteiger partial charge on any atom is 0.257 e. The predicted octanol–water partition coefficient (Wildman–Crippen LogP) is 6.30. The molecular formula is C28H30Cl2N4O. The Morgan fingerprint density at radius 3 is 1.80 bits per heavy atom. The molecule has 0 radical (unpaired) electrons. The average molecular weight is 509 g/mol. The molecule has 2 aliphatic heterocycles. The van der Waals surface area contributed by atoms with Crippen LogP contribution in [0.15, 0.2) is 73.1 Å². The van der Waals surface area contributed by atoms with E-state index in [1.807, 2.05) is 4.90 Å². The van der Waals surface area contributed by atoms with Crippen molar-refractivity contribution in [3.63, 3.8) is 0 Å². The molecule has 0 saturated carbocycles. The summed E-state index contributed by atoms with van der Waals surface area (Å²) in [5, 5.41) is 0.626. The van der Waals surface area contributed by atoms with E-state index in [0.29, 0.717) is 27.7 Å². The summed E-state index contributed by atoms with van der Waals surface area (Å²) in [6.07, 6.45) is 7.13. The zero-order chi connectivity index (χ0) is 24.2. The molecule has 0 bridgehead atoms. The van der Waals surface area contributed by atoms with Gasteiger partial charge in [-0.1, -0.05) is 59.6 Å².